The van der Waals surface area contributed by atoms with Crippen LogP contribution in [-0.4, -0.2) is 37.7 Å². The van der Waals surface area contributed by atoms with Gasteiger partial charge in [-0.1, -0.05) is 30.3 Å². The van der Waals surface area contributed by atoms with Crippen molar-refractivity contribution < 1.29 is 0 Å². The highest BCUT2D eigenvalue weighted by atomic mass is 127. The maximum atomic E-state index is 4.58. The summed E-state index contributed by atoms with van der Waals surface area (Å²) in [5.74, 6) is 0.893. The van der Waals surface area contributed by atoms with E-state index < -0.39 is 0 Å². The zero-order chi connectivity index (χ0) is 15.6. The Kier molecular flexibility index (Phi) is 11.3. The van der Waals surface area contributed by atoms with E-state index in [1.165, 1.54) is 5.56 Å². The number of hydrogen-bond donors (Lipinski definition) is 3. The number of aliphatic imine (C=N–C) groups is 1. The Labute approximate surface area is 152 Å². The zero-order valence-corrected chi connectivity index (χ0v) is 16.6. The van der Waals surface area contributed by atoms with Crippen molar-refractivity contribution in [3.8, 4) is 0 Å². The van der Waals surface area contributed by atoms with Gasteiger partial charge in [0.2, 0.25) is 0 Å². The summed E-state index contributed by atoms with van der Waals surface area (Å²) in [7, 11) is 0. The minimum absolute atomic E-state index is 0. The van der Waals surface area contributed by atoms with Gasteiger partial charge in [0.15, 0.2) is 5.96 Å². The molecule has 1 rings (SSSR count). The molecule has 0 amide bonds. The van der Waals surface area contributed by atoms with Crippen LogP contribution >= 0.6 is 24.0 Å². The molecule has 0 aromatic heterocycles. The molecule has 0 spiro atoms. The minimum atomic E-state index is 0. The molecule has 0 unspecified atom stereocenters. The first-order valence-electron chi connectivity index (χ1n) is 7.82. The van der Waals surface area contributed by atoms with Gasteiger partial charge in [0.1, 0.15) is 0 Å². The van der Waals surface area contributed by atoms with Crippen LogP contribution in [0.15, 0.2) is 35.3 Å². The summed E-state index contributed by atoms with van der Waals surface area (Å²) in [6, 6.07) is 10.5. The summed E-state index contributed by atoms with van der Waals surface area (Å²) < 4.78 is 0. The number of benzene rings is 1. The van der Waals surface area contributed by atoms with E-state index in [1.807, 2.05) is 6.07 Å². The third-order valence-electron chi connectivity index (χ3n) is 2.93. The second-order valence-corrected chi connectivity index (χ2v) is 6.10. The lowest BCUT2D eigenvalue weighted by Crippen LogP contribution is -2.40. The molecule has 0 radical (unpaired) electrons. The van der Waals surface area contributed by atoms with Crippen molar-refractivity contribution in [3.05, 3.63) is 35.9 Å². The molecule has 0 fully saturated rings. The van der Waals surface area contributed by atoms with Crippen LogP contribution in [0.3, 0.4) is 0 Å². The van der Waals surface area contributed by atoms with E-state index in [9.17, 15) is 0 Å². The molecule has 0 heterocycles. The van der Waals surface area contributed by atoms with Crippen LogP contribution in [-0.2, 0) is 6.42 Å². The number of halogens is 1. The SMILES string of the molecule is CCNC(=NCCNC(C)(C)C)NCCc1ccccc1.I. The van der Waals surface area contributed by atoms with Crippen molar-refractivity contribution >= 4 is 29.9 Å². The Morgan fingerprint density at radius 3 is 2.32 bits per heavy atom. The Balaban J connectivity index is 0.00000441. The number of rotatable bonds is 7. The second-order valence-electron chi connectivity index (χ2n) is 6.10. The summed E-state index contributed by atoms with van der Waals surface area (Å²) >= 11 is 0. The predicted octanol–water partition coefficient (Wildman–Crippen LogP) is 2.79. The Hall–Kier alpha value is -0.820. The van der Waals surface area contributed by atoms with Crippen LogP contribution in [0.4, 0.5) is 0 Å². The highest BCUT2D eigenvalue weighted by molar-refractivity contribution is 14.0. The lowest BCUT2D eigenvalue weighted by atomic mass is 10.1. The number of nitrogens with one attached hydrogen (secondary N) is 3. The molecule has 0 saturated carbocycles. The molecule has 0 saturated heterocycles. The molecule has 126 valence electrons. The van der Waals surface area contributed by atoms with Gasteiger partial charge in [-0.05, 0) is 39.7 Å². The summed E-state index contributed by atoms with van der Waals surface area (Å²) in [6.45, 7) is 12.0. The molecule has 0 atom stereocenters. The highest BCUT2D eigenvalue weighted by Gasteiger charge is 2.07. The molecule has 0 aliphatic heterocycles. The van der Waals surface area contributed by atoms with Crippen LogP contribution in [0.1, 0.15) is 33.3 Å². The van der Waals surface area contributed by atoms with Gasteiger partial charge in [-0.25, -0.2) is 0 Å². The molecule has 5 heteroatoms. The van der Waals surface area contributed by atoms with Crippen LogP contribution < -0.4 is 16.0 Å². The van der Waals surface area contributed by atoms with Crippen molar-refractivity contribution in [1.29, 1.82) is 0 Å². The highest BCUT2D eigenvalue weighted by Crippen LogP contribution is 1.98. The van der Waals surface area contributed by atoms with Gasteiger partial charge in [-0.15, -0.1) is 24.0 Å². The molecule has 3 N–H and O–H groups in total. The van der Waals surface area contributed by atoms with Crippen molar-refractivity contribution in [3.63, 3.8) is 0 Å². The lowest BCUT2D eigenvalue weighted by Gasteiger charge is -2.20. The summed E-state index contributed by atoms with van der Waals surface area (Å²) in [4.78, 5) is 4.58. The lowest BCUT2D eigenvalue weighted by molar-refractivity contribution is 0.432. The molecule has 0 bridgehead atoms. The van der Waals surface area contributed by atoms with E-state index in [4.69, 9.17) is 0 Å². The first-order valence-corrected chi connectivity index (χ1v) is 7.82. The molecule has 0 aliphatic carbocycles. The van der Waals surface area contributed by atoms with Crippen molar-refractivity contribution in [1.82, 2.24) is 16.0 Å². The number of guanidine groups is 1. The molecular weight excluding hydrogens is 387 g/mol. The smallest absolute Gasteiger partial charge is 0.191 e. The molecule has 1 aromatic carbocycles. The Bertz CT molecular complexity index is 412. The molecule has 22 heavy (non-hydrogen) atoms. The van der Waals surface area contributed by atoms with Crippen molar-refractivity contribution in [2.24, 2.45) is 4.99 Å². The van der Waals surface area contributed by atoms with Gasteiger partial charge < -0.3 is 16.0 Å². The second kappa shape index (κ2) is 11.7. The number of hydrogen-bond acceptors (Lipinski definition) is 2. The van der Waals surface area contributed by atoms with E-state index in [2.05, 4.69) is 72.9 Å². The topological polar surface area (TPSA) is 48.5 Å². The average molecular weight is 418 g/mol. The first kappa shape index (κ1) is 21.2. The average Bonchev–Trinajstić information content (AvgIpc) is 2.43. The molecule has 0 aliphatic rings. The van der Waals surface area contributed by atoms with Gasteiger partial charge in [-0.2, -0.15) is 0 Å². The van der Waals surface area contributed by atoms with Gasteiger partial charge in [0.05, 0.1) is 6.54 Å². The van der Waals surface area contributed by atoms with Crippen molar-refractivity contribution in [2.45, 2.75) is 39.7 Å². The fourth-order valence-corrected chi connectivity index (χ4v) is 1.91. The third-order valence-corrected chi connectivity index (χ3v) is 2.93. The summed E-state index contributed by atoms with van der Waals surface area (Å²) in [5, 5.41) is 10.1. The standard InChI is InChI=1S/C17H30N4.HI/c1-5-18-16(20-13-14-21-17(2,3)4)19-12-11-15-9-7-6-8-10-15;/h6-10,21H,5,11-14H2,1-4H3,(H2,18,19,20);1H. The van der Waals surface area contributed by atoms with Crippen LogP contribution in [0.5, 0.6) is 0 Å². The third kappa shape index (κ3) is 10.8. The van der Waals surface area contributed by atoms with Crippen LogP contribution in [0.2, 0.25) is 0 Å². The molecule has 4 nitrogen and oxygen atoms in total. The first-order chi connectivity index (χ1) is 10.0. The quantitative estimate of drug-likeness (QED) is 0.276. The fraction of sp³-hybridized carbons (Fsp3) is 0.588. The molecule has 1 aromatic rings. The minimum Gasteiger partial charge on any atom is -0.357 e. The number of nitrogens with zero attached hydrogens (tertiary/aromatic N) is 1. The predicted molar refractivity (Wildman–Crippen MR) is 107 cm³/mol. The van der Waals surface area contributed by atoms with E-state index in [0.29, 0.717) is 0 Å². The summed E-state index contributed by atoms with van der Waals surface area (Å²) in [5.41, 5.74) is 1.49. The van der Waals surface area contributed by atoms with E-state index in [-0.39, 0.29) is 29.5 Å². The normalized spacial score (nSPS) is 11.7. The van der Waals surface area contributed by atoms with E-state index >= 15 is 0 Å². The van der Waals surface area contributed by atoms with E-state index in [0.717, 1.165) is 38.6 Å². The molecular formula is C17H31IN4. The Morgan fingerprint density at radius 2 is 1.73 bits per heavy atom. The van der Waals surface area contributed by atoms with Gasteiger partial charge in [0.25, 0.3) is 0 Å². The Morgan fingerprint density at radius 1 is 1.05 bits per heavy atom. The van der Waals surface area contributed by atoms with E-state index in [1.54, 1.807) is 0 Å². The zero-order valence-electron chi connectivity index (χ0n) is 14.3. The maximum Gasteiger partial charge on any atom is 0.191 e. The summed E-state index contributed by atoms with van der Waals surface area (Å²) in [6.07, 6.45) is 1.01. The van der Waals surface area contributed by atoms with Gasteiger partial charge in [0, 0.05) is 25.2 Å². The van der Waals surface area contributed by atoms with Crippen molar-refractivity contribution in [2.75, 3.05) is 26.2 Å². The monoisotopic (exact) mass is 418 g/mol. The van der Waals surface area contributed by atoms with Gasteiger partial charge in [-0.3, -0.25) is 4.99 Å². The maximum absolute atomic E-state index is 4.58. The van der Waals surface area contributed by atoms with Crippen LogP contribution in [0.25, 0.3) is 0 Å². The largest absolute Gasteiger partial charge is 0.357 e. The van der Waals surface area contributed by atoms with Crippen LogP contribution in [0, 0.1) is 0 Å². The van der Waals surface area contributed by atoms with Gasteiger partial charge >= 0.3 is 0 Å². The fourth-order valence-electron chi connectivity index (χ4n) is 1.91.